The molecule has 6 heteroatoms. The Balaban J connectivity index is 1.36. The fourth-order valence-corrected chi connectivity index (χ4v) is 4.86. The summed E-state index contributed by atoms with van der Waals surface area (Å²) in [6.07, 6.45) is 3.03. The molecule has 6 nitrogen and oxygen atoms in total. The number of amides is 4. The molecule has 4 rings (SSSR count). The molecule has 2 aliphatic rings. The van der Waals surface area contributed by atoms with Gasteiger partial charge in [0.25, 0.3) is 5.91 Å². The van der Waals surface area contributed by atoms with E-state index in [1.165, 1.54) is 0 Å². The number of benzene rings is 2. The van der Waals surface area contributed by atoms with E-state index in [1.807, 2.05) is 54.6 Å². The van der Waals surface area contributed by atoms with Crippen molar-refractivity contribution in [3.05, 3.63) is 54.6 Å². The van der Waals surface area contributed by atoms with Crippen molar-refractivity contribution in [1.82, 2.24) is 10.2 Å². The van der Waals surface area contributed by atoms with Gasteiger partial charge in [-0.05, 0) is 60.3 Å². The Bertz CT molecular complexity index is 1000. The normalized spacial score (nSPS) is 23.3. The molecule has 32 heavy (non-hydrogen) atoms. The molecule has 1 aliphatic carbocycles. The van der Waals surface area contributed by atoms with Crippen molar-refractivity contribution in [3.8, 4) is 11.1 Å². The van der Waals surface area contributed by atoms with Gasteiger partial charge in [0.05, 0.1) is 0 Å². The fourth-order valence-electron chi connectivity index (χ4n) is 4.86. The molecule has 0 bridgehead atoms. The summed E-state index contributed by atoms with van der Waals surface area (Å²) in [5.74, 6) is -0.139. The van der Waals surface area contributed by atoms with Gasteiger partial charge in [-0.3, -0.25) is 14.5 Å². The third-order valence-electron chi connectivity index (χ3n) is 6.89. The van der Waals surface area contributed by atoms with E-state index in [4.69, 9.17) is 0 Å². The van der Waals surface area contributed by atoms with E-state index in [9.17, 15) is 14.4 Å². The molecule has 0 aromatic heterocycles. The summed E-state index contributed by atoms with van der Waals surface area (Å²) in [6, 6.07) is 17.0. The van der Waals surface area contributed by atoms with E-state index in [2.05, 4.69) is 31.4 Å². The number of anilines is 1. The standard InChI is InChI=1S/C26H31N3O3/c1-25(2,3)20-13-15-26(16-14-20)23(31)29(24(32)28-26)17-22(30)27-21-11-9-19(10-12-21)18-7-5-4-6-8-18/h4-12,20H,13-17H2,1-3H3,(H,27,30)(H,28,32). The topological polar surface area (TPSA) is 78.5 Å². The highest BCUT2D eigenvalue weighted by molar-refractivity contribution is 6.10. The number of nitrogens with one attached hydrogen (secondary N) is 2. The van der Waals surface area contributed by atoms with Crippen LogP contribution in [0.25, 0.3) is 11.1 Å². The Hall–Kier alpha value is -3.15. The van der Waals surface area contributed by atoms with Crippen molar-refractivity contribution in [2.45, 2.75) is 52.0 Å². The fraction of sp³-hybridized carbons (Fsp3) is 0.423. The van der Waals surface area contributed by atoms with E-state index in [-0.39, 0.29) is 23.8 Å². The van der Waals surface area contributed by atoms with Crippen molar-refractivity contribution in [1.29, 1.82) is 0 Å². The minimum Gasteiger partial charge on any atom is -0.325 e. The smallest absolute Gasteiger partial charge is 0.325 e. The van der Waals surface area contributed by atoms with Crippen LogP contribution in [0.1, 0.15) is 46.5 Å². The van der Waals surface area contributed by atoms with Crippen LogP contribution in [-0.4, -0.2) is 34.8 Å². The first-order chi connectivity index (χ1) is 15.2. The number of hydrogen-bond acceptors (Lipinski definition) is 3. The van der Waals surface area contributed by atoms with Crippen LogP contribution in [0, 0.1) is 11.3 Å². The maximum atomic E-state index is 13.1. The van der Waals surface area contributed by atoms with Crippen molar-refractivity contribution < 1.29 is 14.4 Å². The lowest BCUT2D eigenvalue weighted by atomic mass is 9.67. The van der Waals surface area contributed by atoms with Crippen molar-refractivity contribution in [2.75, 3.05) is 11.9 Å². The molecule has 1 saturated carbocycles. The van der Waals surface area contributed by atoms with Gasteiger partial charge in [-0.1, -0.05) is 63.2 Å². The van der Waals surface area contributed by atoms with Gasteiger partial charge in [0.1, 0.15) is 12.1 Å². The van der Waals surface area contributed by atoms with Crippen LogP contribution in [0.3, 0.4) is 0 Å². The predicted molar refractivity (Wildman–Crippen MR) is 125 cm³/mol. The third-order valence-corrected chi connectivity index (χ3v) is 6.89. The monoisotopic (exact) mass is 433 g/mol. The van der Waals surface area contributed by atoms with Gasteiger partial charge in [-0.2, -0.15) is 0 Å². The Labute approximate surface area is 189 Å². The quantitative estimate of drug-likeness (QED) is 0.679. The zero-order valence-electron chi connectivity index (χ0n) is 19.0. The van der Waals surface area contributed by atoms with Gasteiger partial charge in [0.2, 0.25) is 5.91 Å². The molecule has 0 atom stereocenters. The van der Waals surface area contributed by atoms with Gasteiger partial charge < -0.3 is 10.6 Å². The van der Waals surface area contributed by atoms with E-state index < -0.39 is 11.6 Å². The lowest BCUT2D eigenvalue weighted by Gasteiger charge is -2.40. The summed E-state index contributed by atoms with van der Waals surface area (Å²) in [5, 5.41) is 5.69. The minimum absolute atomic E-state index is 0.183. The van der Waals surface area contributed by atoms with E-state index in [0.717, 1.165) is 28.9 Å². The number of rotatable bonds is 4. The maximum absolute atomic E-state index is 13.1. The minimum atomic E-state index is -0.851. The molecule has 0 radical (unpaired) electrons. The molecule has 1 aliphatic heterocycles. The zero-order valence-corrected chi connectivity index (χ0v) is 19.0. The van der Waals surface area contributed by atoms with Crippen molar-refractivity contribution >= 4 is 23.5 Å². The van der Waals surface area contributed by atoms with Crippen molar-refractivity contribution in [2.24, 2.45) is 11.3 Å². The summed E-state index contributed by atoms with van der Waals surface area (Å²) in [7, 11) is 0. The molecule has 1 spiro atoms. The van der Waals surface area contributed by atoms with Crippen molar-refractivity contribution in [3.63, 3.8) is 0 Å². The molecule has 1 heterocycles. The second kappa shape index (κ2) is 8.41. The molecule has 2 fully saturated rings. The number of carbonyl (C=O) groups excluding carboxylic acids is 3. The largest absolute Gasteiger partial charge is 0.325 e. The summed E-state index contributed by atoms with van der Waals surface area (Å²) >= 11 is 0. The van der Waals surface area contributed by atoms with Crippen LogP contribution in [0.5, 0.6) is 0 Å². The highest BCUT2D eigenvalue weighted by Crippen LogP contribution is 2.43. The summed E-state index contributed by atoms with van der Waals surface area (Å²) in [5.41, 5.74) is 2.10. The highest BCUT2D eigenvalue weighted by atomic mass is 16.2. The second-order valence-corrected chi connectivity index (χ2v) is 10.0. The molecule has 2 aromatic rings. The van der Waals surface area contributed by atoms with E-state index in [0.29, 0.717) is 24.4 Å². The molecule has 168 valence electrons. The van der Waals surface area contributed by atoms with E-state index in [1.54, 1.807) is 0 Å². The molecular weight excluding hydrogens is 402 g/mol. The lowest BCUT2D eigenvalue weighted by Crippen LogP contribution is -2.50. The second-order valence-electron chi connectivity index (χ2n) is 10.0. The summed E-state index contributed by atoms with van der Waals surface area (Å²) in [6.45, 7) is 6.37. The molecule has 4 amide bonds. The van der Waals surface area contributed by atoms with Crippen LogP contribution in [0.15, 0.2) is 54.6 Å². The van der Waals surface area contributed by atoms with Crippen LogP contribution in [0.2, 0.25) is 0 Å². The highest BCUT2D eigenvalue weighted by Gasteiger charge is 2.53. The first kappa shape index (κ1) is 22.1. The lowest BCUT2D eigenvalue weighted by molar-refractivity contribution is -0.135. The first-order valence-electron chi connectivity index (χ1n) is 11.3. The molecule has 2 aromatic carbocycles. The van der Waals surface area contributed by atoms with Gasteiger partial charge in [0, 0.05) is 5.69 Å². The number of nitrogens with zero attached hydrogens (tertiary/aromatic N) is 1. The average molecular weight is 434 g/mol. The van der Waals surface area contributed by atoms with Gasteiger partial charge in [0.15, 0.2) is 0 Å². The third kappa shape index (κ3) is 4.40. The number of imide groups is 1. The average Bonchev–Trinajstić information content (AvgIpc) is 2.98. The molecule has 0 unspecified atom stereocenters. The van der Waals surface area contributed by atoms with Crippen LogP contribution >= 0.6 is 0 Å². The molecular formula is C26H31N3O3. The molecule has 2 N–H and O–H groups in total. The Morgan fingerprint density at radius 2 is 1.59 bits per heavy atom. The van der Waals surface area contributed by atoms with Crippen LogP contribution < -0.4 is 10.6 Å². The van der Waals surface area contributed by atoms with Crippen LogP contribution in [-0.2, 0) is 9.59 Å². The first-order valence-corrected chi connectivity index (χ1v) is 11.3. The Morgan fingerprint density at radius 1 is 1.00 bits per heavy atom. The molecule has 1 saturated heterocycles. The van der Waals surface area contributed by atoms with Gasteiger partial charge in [-0.25, -0.2) is 4.79 Å². The predicted octanol–water partition coefficient (Wildman–Crippen LogP) is 4.82. The number of urea groups is 1. The number of carbonyl (C=O) groups is 3. The zero-order chi connectivity index (χ0) is 22.9. The van der Waals surface area contributed by atoms with Crippen LogP contribution in [0.4, 0.5) is 10.5 Å². The summed E-state index contributed by atoms with van der Waals surface area (Å²) < 4.78 is 0. The van der Waals surface area contributed by atoms with E-state index >= 15 is 0 Å². The van der Waals surface area contributed by atoms with Gasteiger partial charge >= 0.3 is 6.03 Å². The Morgan fingerprint density at radius 3 is 2.19 bits per heavy atom. The SMILES string of the molecule is CC(C)(C)C1CCC2(CC1)NC(=O)N(CC(=O)Nc1ccc(-c3ccccc3)cc1)C2=O. The summed E-state index contributed by atoms with van der Waals surface area (Å²) in [4.78, 5) is 39.3. The Kier molecular flexibility index (Phi) is 5.80. The maximum Gasteiger partial charge on any atom is 0.325 e. The van der Waals surface area contributed by atoms with Gasteiger partial charge in [-0.15, -0.1) is 0 Å². The number of hydrogen-bond donors (Lipinski definition) is 2.